The van der Waals surface area contributed by atoms with Gasteiger partial charge in [-0.1, -0.05) is 13.8 Å². The molecule has 4 amide bonds. The summed E-state index contributed by atoms with van der Waals surface area (Å²) in [7, 11) is -11.4. The van der Waals surface area contributed by atoms with E-state index in [0.717, 1.165) is 24.3 Å². The van der Waals surface area contributed by atoms with Crippen LogP contribution in [0.5, 0.6) is 11.5 Å². The third-order valence-corrected chi connectivity index (χ3v) is 8.60. The van der Waals surface area contributed by atoms with Crippen molar-refractivity contribution in [1.29, 1.82) is 0 Å². The number of hydrogen-bond donors (Lipinski definition) is 4. The Balaban J connectivity index is 1.96. The molecule has 0 bridgehead atoms. The summed E-state index contributed by atoms with van der Waals surface area (Å²) in [5.74, 6) is 0.0697. The second-order valence-corrected chi connectivity index (χ2v) is 12.4. The number of urea groups is 2. The molecule has 0 aliphatic heterocycles. The van der Waals surface area contributed by atoms with Crippen LogP contribution in [-0.4, -0.2) is 41.0 Å². The smallest absolute Gasteiger partial charge is 0.418 e. The van der Waals surface area contributed by atoms with Gasteiger partial charge in [-0.25, -0.2) is 40.4 Å². The standard InChI is InChI=1S/C22H31N4O9PS2/c1-5-15(3)23-21(27)25-37(30,31)19-11-7-17(8-12-19)34-36(29)35-18-9-13-20(14-10-18)38(32,33)26-22(28)24-16(4)6-2/h7-16,36H,5-6H2,1-4H3,(H2,23,25,27)(H2,24,26,28). The van der Waals surface area contributed by atoms with Crippen LogP contribution in [0.2, 0.25) is 0 Å². The molecule has 0 fully saturated rings. The monoisotopic (exact) mass is 590 g/mol. The summed E-state index contributed by atoms with van der Waals surface area (Å²) < 4.78 is 75.8. The molecule has 2 aromatic rings. The molecular weight excluding hydrogens is 559 g/mol. The van der Waals surface area contributed by atoms with E-state index in [1.807, 2.05) is 23.3 Å². The molecule has 2 rings (SSSR count). The Morgan fingerprint density at radius 2 is 1.03 bits per heavy atom. The molecule has 0 aliphatic rings. The number of carbonyl (C=O) groups excluding carboxylic acids is 2. The van der Waals surface area contributed by atoms with Gasteiger partial charge < -0.3 is 19.7 Å². The highest BCUT2D eigenvalue weighted by Crippen LogP contribution is 2.31. The Bertz CT molecular complexity index is 1250. The van der Waals surface area contributed by atoms with Gasteiger partial charge >= 0.3 is 20.3 Å². The zero-order valence-corrected chi connectivity index (χ0v) is 23.8. The van der Waals surface area contributed by atoms with Crippen LogP contribution >= 0.6 is 8.25 Å². The van der Waals surface area contributed by atoms with Gasteiger partial charge in [0.25, 0.3) is 20.0 Å². The highest BCUT2D eigenvalue weighted by atomic mass is 32.2. The fraction of sp³-hybridized carbons (Fsp3) is 0.364. The maximum Gasteiger partial charge on any atom is 0.418 e. The first kappa shape index (κ1) is 30.9. The summed E-state index contributed by atoms with van der Waals surface area (Å²) in [5, 5.41) is 4.96. The minimum atomic E-state index is -4.14. The fourth-order valence-corrected chi connectivity index (χ4v) is 5.19. The molecule has 4 N–H and O–H groups in total. The van der Waals surface area contributed by atoms with Gasteiger partial charge in [-0.3, -0.25) is 0 Å². The van der Waals surface area contributed by atoms with Gasteiger partial charge in [-0.05, 0) is 75.2 Å². The Labute approximate surface area is 222 Å². The first-order valence-corrected chi connectivity index (χ1v) is 15.7. The topological polar surface area (TPSA) is 186 Å². The predicted molar refractivity (Wildman–Crippen MR) is 140 cm³/mol. The summed E-state index contributed by atoms with van der Waals surface area (Å²) in [6, 6.07) is 7.44. The lowest BCUT2D eigenvalue weighted by Crippen LogP contribution is -2.43. The van der Waals surface area contributed by atoms with Gasteiger partial charge in [0.15, 0.2) is 0 Å². The van der Waals surface area contributed by atoms with E-state index >= 15 is 0 Å². The average molecular weight is 591 g/mol. The minimum Gasteiger partial charge on any atom is -0.418 e. The van der Waals surface area contributed by atoms with Gasteiger partial charge in [0.05, 0.1) is 9.79 Å². The molecule has 0 spiro atoms. The van der Waals surface area contributed by atoms with E-state index in [4.69, 9.17) is 9.05 Å². The second-order valence-electron chi connectivity index (χ2n) is 8.17. The minimum absolute atomic E-state index is 0.0348. The van der Waals surface area contributed by atoms with Crippen LogP contribution in [0.1, 0.15) is 40.5 Å². The van der Waals surface area contributed by atoms with Crippen LogP contribution < -0.4 is 29.1 Å². The van der Waals surface area contributed by atoms with Crippen molar-refractivity contribution < 1.29 is 40.0 Å². The Morgan fingerprint density at radius 3 is 1.32 bits per heavy atom. The van der Waals surface area contributed by atoms with E-state index in [1.165, 1.54) is 24.3 Å². The predicted octanol–water partition coefficient (Wildman–Crippen LogP) is 3.11. The van der Waals surface area contributed by atoms with Crippen LogP contribution in [0.25, 0.3) is 0 Å². The molecule has 210 valence electrons. The first-order chi connectivity index (χ1) is 17.8. The molecule has 2 atom stereocenters. The number of carbonyl (C=O) groups is 2. The van der Waals surface area contributed by atoms with Gasteiger partial charge in [0.1, 0.15) is 11.5 Å². The van der Waals surface area contributed by atoms with Crippen LogP contribution in [0, 0.1) is 0 Å². The van der Waals surface area contributed by atoms with Crippen molar-refractivity contribution in [3.05, 3.63) is 48.5 Å². The van der Waals surface area contributed by atoms with Crippen molar-refractivity contribution in [3.8, 4) is 11.5 Å². The number of amides is 4. The maximum absolute atomic E-state index is 12.3. The molecule has 0 aliphatic carbocycles. The van der Waals surface area contributed by atoms with E-state index in [2.05, 4.69) is 10.6 Å². The first-order valence-electron chi connectivity index (χ1n) is 11.5. The van der Waals surface area contributed by atoms with Crippen LogP contribution in [-0.2, 0) is 24.6 Å². The van der Waals surface area contributed by atoms with Gasteiger partial charge in [-0.15, -0.1) is 0 Å². The van der Waals surface area contributed by atoms with Gasteiger partial charge in [0.2, 0.25) is 0 Å². The Kier molecular flexibility index (Phi) is 11.0. The Hall–Kier alpha value is -3.29. The normalized spacial score (nSPS) is 13.9. The molecule has 2 aromatic carbocycles. The third kappa shape index (κ3) is 9.54. The van der Waals surface area contributed by atoms with E-state index < -0.39 is 40.4 Å². The molecule has 13 nitrogen and oxygen atoms in total. The number of sulfonamides is 2. The molecule has 0 saturated heterocycles. The fourth-order valence-electron chi connectivity index (χ4n) is 2.66. The van der Waals surface area contributed by atoms with E-state index in [0.29, 0.717) is 12.8 Å². The lowest BCUT2D eigenvalue weighted by Gasteiger charge is -2.13. The van der Waals surface area contributed by atoms with Crippen molar-refractivity contribution in [2.45, 2.75) is 62.4 Å². The summed E-state index contributed by atoms with van der Waals surface area (Å²) in [6.07, 6.45) is 1.25. The van der Waals surface area contributed by atoms with Crippen molar-refractivity contribution >= 4 is 40.4 Å². The second kappa shape index (κ2) is 13.5. The van der Waals surface area contributed by atoms with E-state index in [9.17, 15) is 31.0 Å². The zero-order chi connectivity index (χ0) is 28.5. The third-order valence-electron chi connectivity index (χ3n) is 5.10. The van der Waals surface area contributed by atoms with Gasteiger partial charge in [0, 0.05) is 12.1 Å². The van der Waals surface area contributed by atoms with Crippen molar-refractivity contribution in [2.24, 2.45) is 0 Å². The highest BCUT2D eigenvalue weighted by molar-refractivity contribution is 7.90. The molecule has 16 heteroatoms. The van der Waals surface area contributed by atoms with Crippen molar-refractivity contribution in [2.75, 3.05) is 0 Å². The molecule has 0 saturated carbocycles. The van der Waals surface area contributed by atoms with Crippen LogP contribution in [0.3, 0.4) is 0 Å². The zero-order valence-electron chi connectivity index (χ0n) is 21.2. The number of rotatable bonds is 12. The summed E-state index contributed by atoms with van der Waals surface area (Å²) in [6.45, 7) is 7.13. The lowest BCUT2D eigenvalue weighted by molar-refractivity contribution is 0.241. The van der Waals surface area contributed by atoms with Crippen LogP contribution in [0.15, 0.2) is 58.3 Å². The van der Waals surface area contributed by atoms with E-state index in [1.54, 1.807) is 13.8 Å². The van der Waals surface area contributed by atoms with Crippen LogP contribution in [0.4, 0.5) is 9.59 Å². The van der Waals surface area contributed by atoms with E-state index in [-0.39, 0.29) is 33.4 Å². The number of hydrogen-bond acceptors (Lipinski definition) is 9. The van der Waals surface area contributed by atoms with Crippen molar-refractivity contribution in [3.63, 3.8) is 0 Å². The largest absolute Gasteiger partial charge is 0.418 e. The molecular formula is C22H31N4O9PS2. The maximum atomic E-state index is 12.3. The number of nitrogens with one attached hydrogen (secondary N) is 4. The SMILES string of the molecule is CCC(C)NC(=O)NS(=O)(=O)c1ccc(O[PH](=O)Oc2ccc(S(=O)(=O)NC(=O)NC(C)CC)cc2)cc1. The highest BCUT2D eigenvalue weighted by Gasteiger charge is 2.20. The molecule has 0 radical (unpaired) electrons. The van der Waals surface area contributed by atoms with Crippen molar-refractivity contribution in [1.82, 2.24) is 20.1 Å². The average Bonchev–Trinajstić information content (AvgIpc) is 2.83. The van der Waals surface area contributed by atoms with Gasteiger partial charge in [-0.2, -0.15) is 0 Å². The lowest BCUT2D eigenvalue weighted by atomic mass is 10.3. The summed E-state index contributed by atoms with van der Waals surface area (Å²) >= 11 is 0. The summed E-state index contributed by atoms with van der Waals surface area (Å²) in [4.78, 5) is 23.2. The quantitative estimate of drug-likeness (QED) is 0.270. The number of benzene rings is 2. The summed E-state index contributed by atoms with van der Waals surface area (Å²) in [5.41, 5.74) is 0. The molecule has 2 unspecified atom stereocenters. The molecule has 0 heterocycles. The molecule has 0 aromatic heterocycles. The molecule has 38 heavy (non-hydrogen) atoms. The Morgan fingerprint density at radius 1 is 0.711 bits per heavy atom.